The minimum absolute atomic E-state index is 0.660. The van der Waals surface area contributed by atoms with Gasteiger partial charge in [0.15, 0.2) is 9.99 Å². The Labute approximate surface area is 121 Å². The van der Waals surface area contributed by atoms with Gasteiger partial charge in [-0.05, 0) is 30.0 Å². The molecule has 6 nitrogen and oxygen atoms in total. The lowest BCUT2D eigenvalue weighted by Gasteiger charge is -1.96. The van der Waals surface area contributed by atoms with E-state index in [1.165, 1.54) is 18.1 Å². The van der Waals surface area contributed by atoms with Crippen LogP contribution < -0.4 is 5.73 Å². The van der Waals surface area contributed by atoms with Gasteiger partial charge in [-0.3, -0.25) is 0 Å². The van der Waals surface area contributed by atoms with Crippen LogP contribution in [0.15, 0.2) is 40.2 Å². The topological polar surface area (TPSA) is 93.4 Å². The summed E-state index contributed by atoms with van der Waals surface area (Å²) in [6, 6.07) is 5.72. The highest BCUT2D eigenvalue weighted by atomic mass is 32.2. The molecular formula is C12H8N6S2. The van der Waals surface area contributed by atoms with Gasteiger partial charge in [0.2, 0.25) is 0 Å². The average molecular weight is 300 g/mol. The normalized spacial score (nSPS) is 11.4. The summed E-state index contributed by atoms with van der Waals surface area (Å²) in [5, 5.41) is 0.819. The molecule has 0 saturated heterocycles. The average Bonchev–Trinajstić information content (AvgIpc) is 3.04. The first-order valence-corrected chi connectivity index (χ1v) is 7.41. The monoisotopic (exact) mass is 300 g/mol. The van der Waals surface area contributed by atoms with Gasteiger partial charge in [0.05, 0.1) is 16.5 Å². The van der Waals surface area contributed by atoms with Crippen LogP contribution in [0.25, 0.3) is 21.4 Å². The van der Waals surface area contributed by atoms with Gasteiger partial charge in [-0.2, -0.15) is 0 Å². The van der Waals surface area contributed by atoms with E-state index < -0.39 is 0 Å². The van der Waals surface area contributed by atoms with Crippen LogP contribution in [0.2, 0.25) is 0 Å². The zero-order valence-corrected chi connectivity index (χ0v) is 11.7. The van der Waals surface area contributed by atoms with E-state index in [0.717, 1.165) is 30.8 Å². The molecule has 0 fully saturated rings. The Balaban J connectivity index is 1.78. The summed E-state index contributed by atoms with van der Waals surface area (Å²) in [6.45, 7) is 0. The van der Waals surface area contributed by atoms with E-state index in [1.54, 1.807) is 17.7 Å². The standard InChI is InChI=1S/C12H8N6S2/c13-6-1-2-7-8(3-6)19-12(18-7)20-11-9-10(15-4-14-9)16-5-17-11/h1-5H,13H2,(H,14,15,16,17). The Bertz CT molecular complexity index is 913. The molecule has 0 aliphatic heterocycles. The van der Waals surface area contributed by atoms with Crippen LogP contribution in [0.1, 0.15) is 0 Å². The summed E-state index contributed by atoms with van der Waals surface area (Å²) >= 11 is 3.09. The molecule has 8 heteroatoms. The second-order valence-corrected chi connectivity index (χ2v) is 6.36. The molecule has 0 amide bonds. The molecule has 3 heterocycles. The summed E-state index contributed by atoms with van der Waals surface area (Å²) in [4.78, 5) is 20.1. The maximum atomic E-state index is 5.78. The van der Waals surface area contributed by atoms with Crippen molar-refractivity contribution >= 4 is 50.2 Å². The quantitative estimate of drug-likeness (QED) is 0.437. The minimum Gasteiger partial charge on any atom is -0.399 e. The SMILES string of the molecule is Nc1ccc2nc(Sc3ncnc4nc[nH]c34)sc2c1. The zero-order valence-electron chi connectivity index (χ0n) is 10.1. The van der Waals surface area contributed by atoms with Crippen molar-refractivity contribution in [1.82, 2.24) is 24.9 Å². The number of thiazole rings is 1. The number of nitrogens with two attached hydrogens (primary N) is 1. The number of aromatic amines is 1. The molecule has 4 aromatic rings. The molecule has 98 valence electrons. The molecule has 0 unspecified atom stereocenters. The highest BCUT2D eigenvalue weighted by Gasteiger charge is 2.11. The van der Waals surface area contributed by atoms with Crippen LogP contribution in [0.3, 0.4) is 0 Å². The second-order valence-electron chi connectivity index (χ2n) is 4.09. The first-order valence-electron chi connectivity index (χ1n) is 5.77. The van der Waals surface area contributed by atoms with E-state index in [9.17, 15) is 0 Å². The predicted molar refractivity (Wildman–Crippen MR) is 79.8 cm³/mol. The lowest BCUT2D eigenvalue weighted by atomic mass is 10.3. The molecular weight excluding hydrogens is 292 g/mol. The van der Waals surface area contributed by atoms with E-state index in [-0.39, 0.29) is 0 Å². The van der Waals surface area contributed by atoms with E-state index in [4.69, 9.17) is 5.73 Å². The Hall–Kier alpha value is -2.19. The van der Waals surface area contributed by atoms with Crippen molar-refractivity contribution in [2.45, 2.75) is 9.37 Å². The summed E-state index contributed by atoms with van der Waals surface area (Å²) < 4.78 is 1.99. The molecule has 0 saturated carbocycles. The largest absolute Gasteiger partial charge is 0.399 e. The van der Waals surface area contributed by atoms with Gasteiger partial charge in [-0.1, -0.05) is 0 Å². The molecule has 3 N–H and O–H groups in total. The summed E-state index contributed by atoms with van der Waals surface area (Å²) in [5.41, 5.74) is 8.97. The zero-order chi connectivity index (χ0) is 13.5. The van der Waals surface area contributed by atoms with Gasteiger partial charge in [-0.15, -0.1) is 11.3 Å². The highest BCUT2D eigenvalue weighted by Crippen LogP contribution is 2.35. The molecule has 0 bridgehead atoms. The fourth-order valence-corrected chi connectivity index (χ4v) is 3.95. The van der Waals surface area contributed by atoms with E-state index in [0.29, 0.717) is 5.65 Å². The van der Waals surface area contributed by atoms with Crippen molar-refractivity contribution in [3.8, 4) is 0 Å². The molecule has 20 heavy (non-hydrogen) atoms. The summed E-state index contributed by atoms with van der Waals surface area (Å²) in [5.74, 6) is 0. The lowest BCUT2D eigenvalue weighted by Crippen LogP contribution is -1.85. The Morgan fingerprint density at radius 1 is 1.20 bits per heavy atom. The van der Waals surface area contributed by atoms with Crippen molar-refractivity contribution in [2.24, 2.45) is 0 Å². The van der Waals surface area contributed by atoms with Gasteiger partial charge in [-0.25, -0.2) is 19.9 Å². The first-order chi connectivity index (χ1) is 9.79. The third-order valence-corrected chi connectivity index (χ3v) is 4.85. The van der Waals surface area contributed by atoms with Gasteiger partial charge >= 0.3 is 0 Å². The Kier molecular flexibility index (Phi) is 2.57. The number of fused-ring (bicyclic) bond motifs is 2. The van der Waals surface area contributed by atoms with Crippen molar-refractivity contribution in [3.63, 3.8) is 0 Å². The summed E-state index contributed by atoms with van der Waals surface area (Å²) in [7, 11) is 0. The molecule has 0 atom stereocenters. The van der Waals surface area contributed by atoms with E-state index >= 15 is 0 Å². The lowest BCUT2D eigenvalue weighted by molar-refractivity contribution is 1.08. The fourth-order valence-electron chi connectivity index (χ4n) is 1.87. The van der Waals surface area contributed by atoms with Crippen LogP contribution in [0.4, 0.5) is 5.69 Å². The van der Waals surface area contributed by atoms with Gasteiger partial charge in [0.1, 0.15) is 16.9 Å². The van der Waals surface area contributed by atoms with E-state index in [2.05, 4.69) is 24.9 Å². The van der Waals surface area contributed by atoms with Crippen LogP contribution in [-0.2, 0) is 0 Å². The van der Waals surface area contributed by atoms with Gasteiger partial charge in [0.25, 0.3) is 0 Å². The molecule has 0 spiro atoms. The van der Waals surface area contributed by atoms with Gasteiger partial charge in [0, 0.05) is 5.69 Å². The highest BCUT2D eigenvalue weighted by molar-refractivity contribution is 8.01. The smallest absolute Gasteiger partial charge is 0.181 e. The number of H-pyrrole nitrogens is 1. The number of rotatable bonds is 2. The molecule has 1 aromatic carbocycles. The molecule has 0 aliphatic carbocycles. The number of benzene rings is 1. The number of hydrogen-bond donors (Lipinski definition) is 2. The minimum atomic E-state index is 0.660. The maximum absolute atomic E-state index is 5.78. The maximum Gasteiger partial charge on any atom is 0.181 e. The molecule has 3 aromatic heterocycles. The van der Waals surface area contributed by atoms with Crippen LogP contribution >= 0.6 is 23.1 Å². The van der Waals surface area contributed by atoms with Crippen LogP contribution in [0, 0.1) is 0 Å². The van der Waals surface area contributed by atoms with Crippen LogP contribution in [0.5, 0.6) is 0 Å². The molecule has 0 aliphatic rings. The predicted octanol–water partition coefficient (Wildman–Crippen LogP) is 2.70. The number of aromatic nitrogens is 5. The second kappa shape index (κ2) is 4.43. The van der Waals surface area contributed by atoms with Crippen LogP contribution in [-0.4, -0.2) is 24.9 Å². The summed E-state index contributed by atoms with van der Waals surface area (Å²) in [6.07, 6.45) is 3.12. The number of hydrogen-bond acceptors (Lipinski definition) is 7. The number of anilines is 1. The molecule has 4 rings (SSSR count). The first kappa shape index (κ1) is 11.6. The van der Waals surface area contributed by atoms with Gasteiger partial charge < -0.3 is 10.7 Å². The van der Waals surface area contributed by atoms with Crippen molar-refractivity contribution in [3.05, 3.63) is 30.9 Å². The Morgan fingerprint density at radius 3 is 3.10 bits per heavy atom. The number of nitrogens with one attached hydrogen (secondary N) is 1. The van der Waals surface area contributed by atoms with Crippen molar-refractivity contribution in [1.29, 1.82) is 0 Å². The third kappa shape index (κ3) is 1.89. The Morgan fingerprint density at radius 2 is 2.15 bits per heavy atom. The third-order valence-electron chi connectivity index (χ3n) is 2.77. The molecule has 0 radical (unpaired) electrons. The van der Waals surface area contributed by atoms with E-state index in [1.807, 2.05) is 18.2 Å². The number of nitrogens with zero attached hydrogens (tertiary/aromatic N) is 4. The van der Waals surface area contributed by atoms with Crippen molar-refractivity contribution in [2.75, 3.05) is 5.73 Å². The van der Waals surface area contributed by atoms with Crippen molar-refractivity contribution < 1.29 is 0 Å². The number of imidazole rings is 1. The number of nitrogen functional groups attached to an aromatic ring is 1. The fraction of sp³-hybridized carbons (Fsp3) is 0.